The number of nitrogens with one attached hydrogen (secondary N) is 3. The average Bonchev–Trinajstić information content (AvgIpc) is 2.11. The zero-order valence-corrected chi connectivity index (χ0v) is 7.56. The predicted molar refractivity (Wildman–Crippen MR) is 50.8 cm³/mol. The Hall–Kier alpha value is -0.780. The van der Waals surface area contributed by atoms with E-state index in [1.54, 1.807) is 0 Å². The summed E-state index contributed by atoms with van der Waals surface area (Å²) in [6, 6.07) is 0. The summed E-state index contributed by atoms with van der Waals surface area (Å²) in [4.78, 5) is 0. The molecule has 72 valence electrons. The molecule has 0 aliphatic rings. The van der Waals surface area contributed by atoms with Crippen molar-refractivity contribution in [2.75, 3.05) is 19.8 Å². The monoisotopic (exact) mass is 173 g/mol. The molecule has 0 aromatic rings. The van der Waals surface area contributed by atoms with Gasteiger partial charge in [-0.1, -0.05) is 6.92 Å². The molecule has 0 saturated carbocycles. The van der Waals surface area contributed by atoms with E-state index in [1.807, 2.05) is 6.20 Å². The van der Waals surface area contributed by atoms with Crippen LogP contribution in [0.4, 0.5) is 0 Å². The van der Waals surface area contributed by atoms with Crippen LogP contribution in [-0.2, 0) is 0 Å². The molecule has 0 atom stereocenters. The highest BCUT2D eigenvalue weighted by atomic mass is 15.2. The van der Waals surface area contributed by atoms with E-state index in [0.29, 0.717) is 13.2 Å². The zero-order valence-electron chi connectivity index (χ0n) is 7.56. The smallest absolute Gasteiger partial charge is 0.0554 e. The summed E-state index contributed by atoms with van der Waals surface area (Å²) in [5.74, 6) is 5.26. The largest absolute Gasteiger partial charge is 0.389 e. The molecule has 0 rings (SSSR count). The van der Waals surface area contributed by atoms with E-state index in [9.17, 15) is 0 Å². The van der Waals surface area contributed by atoms with Gasteiger partial charge in [0.2, 0.25) is 0 Å². The maximum absolute atomic E-state index is 5.26. The SMILES string of the molecule is CCCN/C=C(/CNCN)NN. The molecule has 5 nitrogen and oxygen atoms in total. The molecule has 0 radical (unpaired) electrons. The first-order valence-electron chi connectivity index (χ1n) is 4.15. The predicted octanol–water partition coefficient (Wildman–Crippen LogP) is -1.20. The minimum Gasteiger partial charge on any atom is -0.389 e. The summed E-state index contributed by atoms with van der Waals surface area (Å²) in [6.07, 6.45) is 2.95. The summed E-state index contributed by atoms with van der Waals surface area (Å²) >= 11 is 0. The van der Waals surface area contributed by atoms with Crippen molar-refractivity contribution in [1.29, 1.82) is 0 Å². The van der Waals surface area contributed by atoms with Gasteiger partial charge in [0, 0.05) is 26.0 Å². The average molecular weight is 173 g/mol. The van der Waals surface area contributed by atoms with Crippen molar-refractivity contribution in [2.24, 2.45) is 11.6 Å². The lowest BCUT2D eigenvalue weighted by molar-refractivity contribution is 0.692. The van der Waals surface area contributed by atoms with Gasteiger partial charge in [-0.15, -0.1) is 0 Å². The van der Waals surface area contributed by atoms with Crippen LogP contribution in [0.2, 0.25) is 0 Å². The third kappa shape index (κ3) is 5.96. The lowest BCUT2D eigenvalue weighted by Gasteiger charge is -2.07. The Morgan fingerprint density at radius 1 is 1.50 bits per heavy atom. The number of hydrogen-bond acceptors (Lipinski definition) is 5. The fraction of sp³-hybridized carbons (Fsp3) is 0.714. The summed E-state index contributed by atoms with van der Waals surface area (Å²) in [7, 11) is 0. The first kappa shape index (κ1) is 11.2. The molecule has 0 spiro atoms. The van der Waals surface area contributed by atoms with Crippen LogP contribution in [0.15, 0.2) is 11.9 Å². The van der Waals surface area contributed by atoms with Gasteiger partial charge in [-0.05, 0) is 6.42 Å². The molecule has 0 aliphatic heterocycles. The molecule has 0 bridgehead atoms. The molecule has 0 amide bonds. The van der Waals surface area contributed by atoms with Crippen molar-refractivity contribution in [3.8, 4) is 0 Å². The summed E-state index contributed by atoms with van der Waals surface area (Å²) in [5.41, 5.74) is 8.73. The molecule has 0 unspecified atom stereocenters. The van der Waals surface area contributed by atoms with Gasteiger partial charge in [0.25, 0.3) is 0 Å². The Morgan fingerprint density at radius 2 is 2.25 bits per heavy atom. The van der Waals surface area contributed by atoms with Crippen molar-refractivity contribution in [3.05, 3.63) is 11.9 Å². The minimum absolute atomic E-state index is 0.451. The number of nitrogens with two attached hydrogens (primary N) is 2. The van der Waals surface area contributed by atoms with Gasteiger partial charge in [-0.25, -0.2) is 0 Å². The molecule has 0 aromatic heterocycles. The van der Waals surface area contributed by atoms with Crippen LogP contribution < -0.4 is 27.6 Å². The second-order valence-corrected chi connectivity index (χ2v) is 2.40. The van der Waals surface area contributed by atoms with Crippen molar-refractivity contribution in [2.45, 2.75) is 13.3 Å². The van der Waals surface area contributed by atoms with Crippen molar-refractivity contribution >= 4 is 0 Å². The van der Waals surface area contributed by atoms with Crippen molar-refractivity contribution in [3.63, 3.8) is 0 Å². The van der Waals surface area contributed by atoms with Gasteiger partial charge in [0.05, 0.1) is 5.70 Å². The van der Waals surface area contributed by atoms with Gasteiger partial charge >= 0.3 is 0 Å². The Kier molecular flexibility index (Phi) is 7.78. The van der Waals surface area contributed by atoms with E-state index in [4.69, 9.17) is 11.6 Å². The standard InChI is InChI=1S/C7H19N5/c1-2-3-10-4-7(12-9)5-11-6-8/h4,10-12H,2-3,5-6,8-9H2,1H3/b7-4-. The molecule has 0 aliphatic carbocycles. The summed E-state index contributed by atoms with van der Waals surface area (Å²) in [5, 5.41) is 6.06. The van der Waals surface area contributed by atoms with E-state index < -0.39 is 0 Å². The number of hydrazine groups is 1. The second-order valence-electron chi connectivity index (χ2n) is 2.40. The van der Waals surface area contributed by atoms with Gasteiger partial charge < -0.3 is 16.5 Å². The highest BCUT2D eigenvalue weighted by Crippen LogP contribution is 1.80. The molecule has 0 heterocycles. The van der Waals surface area contributed by atoms with E-state index in [1.165, 1.54) is 0 Å². The van der Waals surface area contributed by atoms with Crippen molar-refractivity contribution in [1.82, 2.24) is 16.1 Å². The highest BCUT2D eigenvalue weighted by Gasteiger charge is 1.90. The quantitative estimate of drug-likeness (QED) is 0.144. The fourth-order valence-corrected chi connectivity index (χ4v) is 0.690. The minimum atomic E-state index is 0.451. The normalized spacial score (nSPS) is 11.4. The first-order chi connectivity index (χ1) is 5.85. The molecule has 0 aromatic carbocycles. The van der Waals surface area contributed by atoms with Crippen LogP contribution in [0.1, 0.15) is 13.3 Å². The van der Waals surface area contributed by atoms with Gasteiger partial charge in [0.1, 0.15) is 0 Å². The molecule has 5 heteroatoms. The zero-order chi connectivity index (χ0) is 9.23. The Bertz CT molecular complexity index is 123. The van der Waals surface area contributed by atoms with E-state index in [0.717, 1.165) is 18.7 Å². The Morgan fingerprint density at radius 3 is 2.75 bits per heavy atom. The van der Waals surface area contributed by atoms with Crippen LogP contribution in [0, 0.1) is 0 Å². The topological polar surface area (TPSA) is 88.1 Å². The van der Waals surface area contributed by atoms with Crippen LogP contribution >= 0.6 is 0 Å². The second kappa shape index (κ2) is 8.32. The third-order valence-corrected chi connectivity index (χ3v) is 1.32. The molecule has 0 saturated heterocycles. The van der Waals surface area contributed by atoms with Gasteiger partial charge in [-0.2, -0.15) is 0 Å². The van der Waals surface area contributed by atoms with Crippen molar-refractivity contribution < 1.29 is 0 Å². The molecular weight excluding hydrogens is 154 g/mol. The van der Waals surface area contributed by atoms with Crippen LogP contribution in [-0.4, -0.2) is 19.8 Å². The fourth-order valence-electron chi connectivity index (χ4n) is 0.690. The van der Waals surface area contributed by atoms with Gasteiger partial charge in [0.15, 0.2) is 0 Å². The summed E-state index contributed by atoms with van der Waals surface area (Å²) < 4.78 is 0. The van der Waals surface area contributed by atoms with Crippen LogP contribution in [0.25, 0.3) is 0 Å². The molecular formula is C7H19N5. The molecule has 12 heavy (non-hydrogen) atoms. The van der Waals surface area contributed by atoms with Crippen LogP contribution in [0.5, 0.6) is 0 Å². The van der Waals surface area contributed by atoms with E-state index in [2.05, 4.69) is 23.0 Å². The number of rotatable bonds is 7. The number of hydrogen-bond donors (Lipinski definition) is 5. The maximum atomic E-state index is 5.26. The lowest BCUT2D eigenvalue weighted by Crippen LogP contribution is -2.33. The Balaban J connectivity index is 3.55. The first-order valence-corrected chi connectivity index (χ1v) is 4.15. The summed E-state index contributed by atoms with van der Waals surface area (Å²) in [6.45, 7) is 4.17. The van der Waals surface area contributed by atoms with E-state index >= 15 is 0 Å². The van der Waals surface area contributed by atoms with Crippen LogP contribution in [0.3, 0.4) is 0 Å². The van der Waals surface area contributed by atoms with E-state index in [-0.39, 0.29) is 0 Å². The Labute approximate surface area is 73.5 Å². The van der Waals surface area contributed by atoms with Gasteiger partial charge in [-0.3, -0.25) is 11.2 Å². The molecule has 0 fully saturated rings. The lowest BCUT2D eigenvalue weighted by atomic mass is 10.4. The third-order valence-electron chi connectivity index (χ3n) is 1.32. The molecule has 7 N–H and O–H groups in total. The maximum Gasteiger partial charge on any atom is 0.0554 e. The highest BCUT2D eigenvalue weighted by molar-refractivity contribution is 4.98.